The quantitative estimate of drug-likeness (QED) is 0.239. The van der Waals surface area contributed by atoms with Gasteiger partial charge in [0, 0.05) is 52.3 Å². The van der Waals surface area contributed by atoms with Gasteiger partial charge in [-0.1, -0.05) is 48.5 Å². The summed E-state index contributed by atoms with van der Waals surface area (Å²) in [5.41, 5.74) is 8.20. The minimum absolute atomic E-state index is 0.831. The molecule has 0 N–H and O–H groups in total. The molecule has 0 amide bonds. The molecule has 0 atom stereocenters. The maximum absolute atomic E-state index is 5.12. The van der Waals surface area contributed by atoms with Crippen molar-refractivity contribution in [2.75, 3.05) is 0 Å². The Hall–Kier alpha value is -5.29. The molecule has 38 heavy (non-hydrogen) atoms. The van der Waals surface area contributed by atoms with Crippen molar-refractivity contribution in [3.8, 4) is 45.2 Å². The molecule has 0 spiro atoms. The second-order valence-corrected chi connectivity index (χ2v) is 9.03. The monoisotopic (exact) mass is 487 g/mol. The van der Waals surface area contributed by atoms with Crippen LogP contribution in [0.1, 0.15) is 0 Å². The zero-order valence-corrected chi connectivity index (χ0v) is 20.4. The molecule has 2 aromatic carbocycles. The molecule has 5 heterocycles. The van der Waals surface area contributed by atoms with E-state index >= 15 is 0 Å². The zero-order chi connectivity index (χ0) is 25.3. The standard InChI is InChI=1S/C33H21N5/c1-2-8-27-25(6-1)26-7-3-4-9-29(26)38-33(27)30-11-5-10-28(36-30)24-20-31(22-12-16-34-17-13-22)37-32(21-24)23-14-18-35-19-15-23/h1-21H. The summed E-state index contributed by atoms with van der Waals surface area (Å²) in [5, 5.41) is 3.39. The molecule has 7 aromatic rings. The lowest BCUT2D eigenvalue weighted by atomic mass is 10.0. The fourth-order valence-electron chi connectivity index (χ4n) is 4.85. The molecule has 0 aliphatic rings. The van der Waals surface area contributed by atoms with Gasteiger partial charge in [0.2, 0.25) is 0 Å². The summed E-state index contributed by atoms with van der Waals surface area (Å²) in [6.07, 6.45) is 7.13. The molecular weight excluding hydrogens is 466 g/mol. The maximum atomic E-state index is 5.12. The number of pyridine rings is 5. The lowest BCUT2D eigenvalue weighted by Crippen LogP contribution is -1.95. The van der Waals surface area contributed by atoms with Crippen molar-refractivity contribution < 1.29 is 0 Å². The van der Waals surface area contributed by atoms with E-state index in [2.05, 4.69) is 64.6 Å². The number of benzene rings is 2. The van der Waals surface area contributed by atoms with Crippen LogP contribution in [0, 0.1) is 0 Å². The number of hydrogen-bond acceptors (Lipinski definition) is 5. The van der Waals surface area contributed by atoms with E-state index in [1.165, 1.54) is 5.39 Å². The van der Waals surface area contributed by atoms with Crippen molar-refractivity contribution in [2.24, 2.45) is 0 Å². The van der Waals surface area contributed by atoms with Crippen molar-refractivity contribution in [2.45, 2.75) is 0 Å². The highest BCUT2D eigenvalue weighted by Gasteiger charge is 2.14. The van der Waals surface area contributed by atoms with Gasteiger partial charge >= 0.3 is 0 Å². The highest BCUT2D eigenvalue weighted by Crippen LogP contribution is 2.34. The summed E-state index contributed by atoms with van der Waals surface area (Å²) in [5.74, 6) is 0. The van der Waals surface area contributed by atoms with Crippen LogP contribution >= 0.6 is 0 Å². The van der Waals surface area contributed by atoms with Gasteiger partial charge in [-0.05, 0) is 60.0 Å². The van der Waals surface area contributed by atoms with Crippen molar-refractivity contribution in [3.05, 3.63) is 128 Å². The highest BCUT2D eigenvalue weighted by molar-refractivity contribution is 6.10. The molecule has 178 valence electrons. The smallest absolute Gasteiger partial charge is 0.0972 e. The van der Waals surface area contributed by atoms with E-state index in [9.17, 15) is 0 Å². The Kier molecular flexibility index (Phi) is 5.37. The predicted octanol–water partition coefficient (Wildman–Crippen LogP) is 7.64. The molecule has 0 unspecified atom stereocenters. The fourth-order valence-corrected chi connectivity index (χ4v) is 4.85. The average molecular weight is 488 g/mol. The van der Waals surface area contributed by atoms with Gasteiger partial charge in [0.25, 0.3) is 0 Å². The first kappa shape index (κ1) is 21.9. The van der Waals surface area contributed by atoms with Crippen LogP contribution in [-0.4, -0.2) is 24.9 Å². The lowest BCUT2D eigenvalue weighted by Gasteiger charge is -2.12. The molecule has 5 nitrogen and oxygen atoms in total. The molecule has 5 heteroatoms. The van der Waals surface area contributed by atoms with Crippen LogP contribution in [0.4, 0.5) is 0 Å². The summed E-state index contributed by atoms with van der Waals surface area (Å²) >= 11 is 0. The van der Waals surface area contributed by atoms with E-state index in [1.54, 1.807) is 24.8 Å². The molecule has 0 saturated heterocycles. The Balaban J connectivity index is 1.42. The first-order valence-corrected chi connectivity index (χ1v) is 12.4. The SMILES string of the molecule is c1cc(-c2cc(-c3ccncc3)nc(-c3ccncc3)c2)nc(-c2nc3ccccc3c3ccccc23)c1. The second kappa shape index (κ2) is 9.30. The lowest BCUT2D eigenvalue weighted by molar-refractivity contribution is 1.25. The number of nitrogens with zero attached hydrogens (tertiary/aromatic N) is 5. The average Bonchev–Trinajstić information content (AvgIpc) is 3.01. The number of rotatable bonds is 4. The van der Waals surface area contributed by atoms with E-state index in [1.807, 2.05) is 48.5 Å². The second-order valence-electron chi connectivity index (χ2n) is 9.03. The van der Waals surface area contributed by atoms with Crippen molar-refractivity contribution in [1.82, 2.24) is 24.9 Å². The number of aromatic nitrogens is 5. The van der Waals surface area contributed by atoms with Crippen LogP contribution in [0.5, 0.6) is 0 Å². The topological polar surface area (TPSA) is 64.5 Å². The predicted molar refractivity (Wildman–Crippen MR) is 152 cm³/mol. The van der Waals surface area contributed by atoms with Crippen LogP contribution in [0.15, 0.2) is 128 Å². The first-order valence-electron chi connectivity index (χ1n) is 12.4. The number of fused-ring (bicyclic) bond motifs is 3. The van der Waals surface area contributed by atoms with Gasteiger partial charge in [-0.25, -0.2) is 15.0 Å². The van der Waals surface area contributed by atoms with Crippen LogP contribution < -0.4 is 0 Å². The Morgan fingerprint density at radius 1 is 0.368 bits per heavy atom. The summed E-state index contributed by atoms with van der Waals surface area (Å²) in [6.45, 7) is 0. The molecule has 0 bridgehead atoms. The zero-order valence-electron chi connectivity index (χ0n) is 20.4. The van der Waals surface area contributed by atoms with Crippen molar-refractivity contribution >= 4 is 21.7 Å². The summed E-state index contributed by atoms with van der Waals surface area (Å²) in [7, 11) is 0. The Morgan fingerprint density at radius 3 is 1.61 bits per heavy atom. The summed E-state index contributed by atoms with van der Waals surface area (Å²) in [4.78, 5) is 23.5. The molecule has 0 fully saturated rings. The van der Waals surface area contributed by atoms with Crippen LogP contribution in [0.2, 0.25) is 0 Å². The van der Waals surface area contributed by atoms with Gasteiger partial charge in [0.1, 0.15) is 0 Å². The molecule has 0 radical (unpaired) electrons. The minimum Gasteiger partial charge on any atom is -0.265 e. The summed E-state index contributed by atoms with van der Waals surface area (Å²) < 4.78 is 0. The molecule has 5 aromatic heterocycles. The molecule has 0 saturated carbocycles. The molecule has 0 aliphatic carbocycles. The van der Waals surface area contributed by atoms with Gasteiger partial charge < -0.3 is 0 Å². The highest BCUT2D eigenvalue weighted by atomic mass is 14.8. The van der Waals surface area contributed by atoms with Crippen LogP contribution in [0.3, 0.4) is 0 Å². The molecular formula is C33H21N5. The largest absolute Gasteiger partial charge is 0.265 e. The van der Waals surface area contributed by atoms with E-state index < -0.39 is 0 Å². The van der Waals surface area contributed by atoms with E-state index in [0.717, 1.165) is 61.4 Å². The molecule has 7 rings (SSSR count). The van der Waals surface area contributed by atoms with Crippen molar-refractivity contribution in [3.63, 3.8) is 0 Å². The first-order chi connectivity index (χ1) is 18.8. The minimum atomic E-state index is 0.831. The Labute approximate surface area is 219 Å². The van der Waals surface area contributed by atoms with Crippen LogP contribution in [0.25, 0.3) is 66.8 Å². The van der Waals surface area contributed by atoms with Crippen LogP contribution in [-0.2, 0) is 0 Å². The van der Waals surface area contributed by atoms with Gasteiger partial charge in [-0.2, -0.15) is 0 Å². The Bertz CT molecular complexity index is 1860. The Morgan fingerprint density at radius 2 is 0.921 bits per heavy atom. The van der Waals surface area contributed by atoms with Gasteiger partial charge in [0.05, 0.1) is 34.0 Å². The third-order valence-electron chi connectivity index (χ3n) is 6.67. The number of hydrogen-bond donors (Lipinski definition) is 0. The maximum Gasteiger partial charge on any atom is 0.0972 e. The normalized spacial score (nSPS) is 11.2. The molecule has 0 aliphatic heterocycles. The number of para-hydroxylation sites is 1. The van der Waals surface area contributed by atoms with Crippen molar-refractivity contribution in [1.29, 1.82) is 0 Å². The van der Waals surface area contributed by atoms with Gasteiger partial charge in [-0.3, -0.25) is 9.97 Å². The third kappa shape index (κ3) is 3.96. The fraction of sp³-hybridized carbons (Fsp3) is 0. The van der Waals surface area contributed by atoms with E-state index in [-0.39, 0.29) is 0 Å². The van der Waals surface area contributed by atoms with E-state index in [0.29, 0.717) is 0 Å². The van der Waals surface area contributed by atoms with Gasteiger partial charge in [-0.15, -0.1) is 0 Å². The third-order valence-corrected chi connectivity index (χ3v) is 6.67. The summed E-state index contributed by atoms with van der Waals surface area (Å²) in [6, 6.07) is 34.8. The van der Waals surface area contributed by atoms with E-state index in [4.69, 9.17) is 15.0 Å². The van der Waals surface area contributed by atoms with Gasteiger partial charge in [0.15, 0.2) is 0 Å².